The molecule has 0 amide bonds. The van der Waals surface area contributed by atoms with Crippen molar-refractivity contribution in [2.75, 3.05) is 62.5 Å². The molecule has 0 fully saturated rings. The van der Waals surface area contributed by atoms with Crippen molar-refractivity contribution in [2.24, 2.45) is 0 Å². The Kier molecular flexibility index (Phi) is 14.1. The van der Waals surface area contributed by atoms with Crippen molar-refractivity contribution in [1.82, 2.24) is 0 Å². The minimum atomic E-state index is -1.12. The first-order valence-corrected chi connectivity index (χ1v) is 6.66. The second kappa shape index (κ2) is 14.3. The molecule has 132 valence electrons. The zero-order valence-electron chi connectivity index (χ0n) is 14.1. The van der Waals surface area contributed by atoms with Gasteiger partial charge in [0.2, 0.25) is 0 Å². The van der Waals surface area contributed by atoms with Crippen LogP contribution < -0.4 is 0 Å². The molecule has 0 spiro atoms. The SMILES string of the molecule is COCC(OC)OB(OC(COC)OC)OC(COC)OC. The summed E-state index contributed by atoms with van der Waals surface area (Å²) in [5, 5.41) is 0. The summed E-state index contributed by atoms with van der Waals surface area (Å²) in [7, 11) is 7.89. The first-order chi connectivity index (χ1) is 10.6. The van der Waals surface area contributed by atoms with E-state index in [1.807, 2.05) is 0 Å². The lowest BCUT2D eigenvalue weighted by atomic mass is 10.2. The highest BCUT2D eigenvalue weighted by Crippen LogP contribution is 2.08. The van der Waals surface area contributed by atoms with Crippen LogP contribution in [0.1, 0.15) is 0 Å². The van der Waals surface area contributed by atoms with E-state index < -0.39 is 26.2 Å². The van der Waals surface area contributed by atoms with Crippen LogP contribution in [-0.2, 0) is 42.4 Å². The molecule has 0 aliphatic rings. The van der Waals surface area contributed by atoms with Crippen molar-refractivity contribution in [3.63, 3.8) is 0 Å². The van der Waals surface area contributed by atoms with Gasteiger partial charge in [-0.3, -0.25) is 0 Å². The van der Waals surface area contributed by atoms with Crippen LogP contribution in [-0.4, -0.2) is 88.7 Å². The van der Waals surface area contributed by atoms with Crippen molar-refractivity contribution >= 4 is 7.32 Å². The quantitative estimate of drug-likeness (QED) is 0.302. The van der Waals surface area contributed by atoms with Gasteiger partial charge in [0, 0.05) is 42.7 Å². The van der Waals surface area contributed by atoms with Gasteiger partial charge >= 0.3 is 7.32 Å². The standard InChI is InChI=1S/C12H27BO9/c1-14-7-10(17-4)20-13(21-11(18-5)8-15-2)22-12(19-6)9-16-3/h10-12H,7-9H2,1-6H3. The second-order valence-corrected chi connectivity index (χ2v) is 4.06. The molecule has 0 aromatic rings. The van der Waals surface area contributed by atoms with E-state index >= 15 is 0 Å². The smallest absolute Gasteiger partial charge is 0.379 e. The molecule has 0 aliphatic heterocycles. The Morgan fingerprint density at radius 2 is 0.818 bits per heavy atom. The van der Waals surface area contributed by atoms with E-state index in [0.29, 0.717) is 0 Å². The summed E-state index contributed by atoms with van der Waals surface area (Å²) in [6.07, 6.45) is -2.06. The molecule has 9 nitrogen and oxygen atoms in total. The van der Waals surface area contributed by atoms with Crippen molar-refractivity contribution in [2.45, 2.75) is 18.9 Å². The van der Waals surface area contributed by atoms with E-state index in [4.69, 9.17) is 42.4 Å². The maximum Gasteiger partial charge on any atom is 0.645 e. The van der Waals surface area contributed by atoms with Crippen LogP contribution in [0.15, 0.2) is 0 Å². The van der Waals surface area contributed by atoms with Gasteiger partial charge in [-0.15, -0.1) is 0 Å². The van der Waals surface area contributed by atoms with Crippen LogP contribution >= 0.6 is 0 Å². The van der Waals surface area contributed by atoms with Crippen LogP contribution in [0.5, 0.6) is 0 Å². The van der Waals surface area contributed by atoms with Crippen LogP contribution in [0.2, 0.25) is 0 Å². The van der Waals surface area contributed by atoms with Gasteiger partial charge in [-0.25, -0.2) is 0 Å². The highest BCUT2D eigenvalue weighted by molar-refractivity contribution is 6.36. The third kappa shape index (κ3) is 9.67. The van der Waals surface area contributed by atoms with Crippen molar-refractivity contribution in [3.05, 3.63) is 0 Å². The van der Waals surface area contributed by atoms with Gasteiger partial charge in [-0.2, -0.15) is 0 Å². The van der Waals surface area contributed by atoms with Gasteiger partial charge in [0.1, 0.15) is 0 Å². The summed E-state index contributed by atoms with van der Waals surface area (Å²) in [5.41, 5.74) is 0. The molecule has 3 unspecified atom stereocenters. The fourth-order valence-corrected chi connectivity index (χ4v) is 1.36. The topological polar surface area (TPSA) is 83.1 Å². The fraction of sp³-hybridized carbons (Fsp3) is 1.00. The van der Waals surface area contributed by atoms with E-state index in [0.717, 1.165) is 0 Å². The Balaban J connectivity index is 4.71. The Hall–Kier alpha value is -0.295. The van der Waals surface area contributed by atoms with Crippen LogP contribution in [0, 0.1) is 0 Å². The molecule has 3 atom stereocenters. The summed E-state index contributed by atoms with van der Waals surface area (Å²) in [6.45, 7) is 0.594. The van der Waals surface area contributed by atoms with Gasteiger partial charge < -0.3 is 42.4 Å². The predicted octanol–water partition coefficient (Wildman–Crippen LogP) is -0.122. The minimum Gasteiger partial charge on any atom is -0.379 e. The predicted molar refractivity (Wildman–Crippen MR) is 77.0 cm³/mol. The van der Waals surface area contributed by atoms with E-state index in [9.17, 15) is 0 Å². The summed E-state index contributed by atoms with van der Waals surface area (Å²) in [5.74, 6) is 0. The summed E-state index contributed by atoms with van der Waals surface area (Å²) in [6, 6.07) is 0. The van der Waals surface area contributed by atoms with Gasteiger partial charge in [0.25, 0.3) is 0 Å². The van der Waals surface area contributed by atoms with Crippen LogP contribution in [0.3, 0.4) is 0 Å². The molecule has 0 bridgehead atoms. The first-order valence-electron chi connectivity index (χ1n) is 6.66. The van der Waals surface area contributed by atoms with Gasteiger partial charge in [-0.05, 0) is 0 Å². The van der Waals surface area contributed by atoms with E-state index in [-0.39, 0.29) is 19.8 Å². The van der Waals surface area contributed by atoms with E-state index in [1.54, 1.807) is 0 Å². The number of methoxy groups -OCH3 is 6. The number of hydrogen-bond acceptors (Lipinski definition) is 9. The lowest BCUT2D eigenvalue weighted by Crippen LogP contribution is -2.43. The first kappa shape index (κ1) is 21.7. The van der Waals surface area contributed by atoms with E-state index in [2.05, 4.69) is 0 Å². The van der Waals surface area contributed by atoms with Crippen LogP contribution in [0.4, 0.5) is 0 Å². The van der Waals surface area contributed by atoms with Gasteiger partial charge in [0.15, 0.2) is 18.9 Å². The maximum atomic E-state index is 5.53. The summed E-state index contributed by atoms with van der Waals surface area (Å²) >= 11 is 0. The van der Waals surface area contributed by atoms with Crippen LogP contribution in [0.25, 0.3) is 0 Å². The van der Waals surface area contributed by atoms with Crippen molar-refractivity contribution in [1.29, 1.82) is 0 Å². The Morgan fingerprint density at radius 3 is 1.00 bits per heavy atom. The Morgan fingerprint density at radius 1 is 0.545 bits per heavy atom. The average molecular weight is 326 g/mol. The molecule has 0 saturated heterocycles. The normalized spacial score (nSPS) is 15.5. The van der Waals surface area contributed by atoms with Gasteiger partial charge in [0.05, 0.1) is 19.8 Å². The zero-order valence-corrected chi connectivity index (χ0v) is 14.1. The molecule has 0 N–H and O–H groups in total. The molecular formula is C12H27BO9. The Bertz CT molecular complexity index is 209. The monoisotopic (exact) mass is 326 g/mol. The number of rotatable bonds is 15. The second-order valence-electron chi connectivity index (χ2n) is 4.06. The summed E-state index contributed by atoms with van der Waals surface area (Å²) in [4.78, 5) is 0. The minimum absolute atomic E-state index is 0.198. The summed E-state index contributed by atoms with van der Waals surface area (Å²) < 4.78 is 46.9. The fourth-order valence-electron chi connectivity index (χ4n) is 1.36. The van der Waals surface area contributed by atoms with Gasteiger partial charge in [-0.1, -0.05) is 0 Å². The molecule has 0 aromatic carbocycles. The molecule has 0 aliphatic carbocycles. The highest BCUT2D eigenvalue weighted by atomic mass is 16.8. The molecule has 22 heavy (non-hydrogen) atoms. The third-order valence-corrected chi connectivity index (χ3v) is 2.49. The largest absolute Gasteiger partial charge is 0.645 e. The average Bonchev–Trinajstić information content (AvgIpc) is 2.53. The number of hydrogen-bond donors (Lipinski definition) is 0. The maximum absolute atomic E-state index is 5.53. The van der Waals surface area contributed by atoms with Crippen molar-refractivity contribution in [3.8, 4) is 0 Å². The molecule has 0 aromatic heterocycles. The molecule has 0 rings (SSSR count). The third-order valence-electron chi connectivity index (χ3n) is 2.49. The molecule has 0 saturated carbocycles. The Labute approximate surface area is 132 Å². The highest BCUT2D eigenvalue weighted by Gasteiger charge is 2.33. The molecular weight excluding hydrogens is 299 g/mol. The molecule has 0 heterocycles. The molecule has 0 radical (unpaired) electrons. The van der Waals surface area contributed by atoms with Crippen molar-refractivity contribution < 1.29 is 42.4 Å². The zero-order chi connectivity index (χ0) is 16.8. The lowest BCUT2D eigenvalue weighted by Gasteiger charge is -2.26. The molecule has 10 heteroatoms. The number of ether oxygens (including phenoxy) is 6. The lowest BCUT2D eigenvalue weighted by molar-refractivity contribution is -0.184. The van der Waals surface area contributed by atoms with E-state index in [1.165, 1.54) is 42.7 Å².